The Morgan fingerprint density at radius 2 is 2.08 bits per heavy atom. The van der Waals surface area contributed by atoms with Crippen LogP contribution in [0.4, 0.5) is 5.82 Å². The monoisotopic (exact) mass is 345 g/mol. The average Bonchev–Trinajstić information content (AvgIpc) is 3.25. The third kappa shape index (κ3) is 3.11. The average molecular weight is 345 g/mol. The summed E-state index contributed by atoms with van der Waals surface area (Å²) in [6, 6.07) is 4.08. The number of carbonyl (C=O) groups is 1. The van der Waals surface area contributed by atoms with Crippen molar-refractivity contribution in [2.45, 2.75) is 19.4 Å². The predicted molar refractivity (Wildman–Crippen MR) is 95.7 cm³/mol. The number of hydrogen-bond donors (Lipinski definition) is 1. The number of anilines is 1. The van der Waals surface area contributed by atoms with Gasteiger partial charge in [0, 0.05) is 49.7 Å². The number of aromatic amines is 1. The molecule has 4 rings (SSSR count). The zero-order chi connectivity index (χ0) is 16.5. The smallest absolute Gasteiger partial charge is 0.269 e. The highest BCUT2D eigenvalue weighted by atomic mass is 32.1. The van der Waals surface area contributed by atoms with Crippen LogP contribution in [0.15, 0.2) is 18.3 Å². The number of nitrogens with zero attached hydrogens (tertiary/aromatic N) is 4. The van der Waals surface area contributed by atoms with Gasteiger partial charge in [0.05, 0.1) is 11.1 Å². The Hall–Kier alpha value is -1.70. The highest BCUT2D eigenvalue weighted by Crippen LogP contribution is 2.28. The zero-order valence-corrected chi connectivity index (χ0v) is 14.8. The van der Waals surface area contributed by atoms with Crippen molar-refractivity contribution in [3.63, 3.8) is 0 Å². The molecule has 128 valence electrons. The molecule has 6 nitrogen and oxygen atoms in total. The van der Waals surface area contributed by atoms with Gasteiger partial charge in [-0.25, -0.2) is 0 Å². The van der Waals surface area contributed by atoms with Gasteiger partial charge < -0.3 is 4.90 Å². The van der Waals surface area contributed by atoms with Crippen molar-refractivity contribution < 1.29 is 4.79 Å². The van der Waals surface area contributed by atoms with Gasteiger partial charge in [-0.1, -0.05) is 0 Å². The van der Waals surface area contributed by atoms with E-state index in [-0.39, 0.29) is 5.91 Å². The number of nitrogens with one attached hydrogen (secondary N) is 1. The summed E-state index contributed by atoms with van der Waals surface area (Å²) in [6.07, 6.45) is 3.83. The summed E-state index contributed by atoms with van der Waals surface area (Å²) in [5.74, 6) is 0.968. The third-order valence-corrected chi connectivity index (χ3v) is 5.94. The van der Waals surface area contributed by atoms with Gasteiger partial charge in [-0.2, -0.15) is 5.10 Å². The minimum absolute atomic E-state index is 0.0924. The van der Waals surface area contributed by atoms with Crippen molar-refractivity contribution >= 4 is 23.1 Å². The molecule has 0 aliphatic carbocycles. The maximum atomic E-state index is 12.9. The maximum absolute atomic E-state index is 12.9. The van der Waals surface area contributed by atoms with Crippen molar-refractivity contribution in [1.29, 1.82) is 0 Å². The Morgan fingerprint density at radius 1 is 1.25 bits per heavy atom. The Kier molecular flexibility index (Phi) is 4.39. The number of rotatable bonds is 3. The first-order chi connectivity index (χ1) is 11.7. The molecular formula is C17H23N5OS. The van der Waals surface area contributed by atoms with E-state index < -0.39 is 0 Å². The number of amides is 1. The molecular weight excluding hydrogens is 322 g/mol. The molecule has 0 saturated carbocycles. The summed E-state index contributed by atoms with van der Waals surface area (Å²) in [4.78, 5) is 21.6. The molecule has 0 spiro atoms. The molecule has 7 heteroatoms. The van der Waals surface area contributed by atoms with Crippen LogP contribution < -0.4 is 4.90 Å². The quantitative estimate of drug-likeness (QED) is 0.922. The van der Waals surface area contributed by atoms with Crippen LogP contribution in [0.1, 0.15) is 26.5 Å². The second kappa shape index (κ2) is 6.66. The van der Waals surface area contributed by atoms with Gasteiger partial charge in [0.15, 0.2) is 0 Å². The van der Waals surface area contributed by atoms with Crippen LogP contribution in [0.5, 0.6) is 0 Å². The number of aryl methyl sites for hydroxylation is 1. The number of fused-ring (bicyclic) bond motifs is 1. The number of thiophene rings is 1. The predicted octanol–water partition coefficient (Wildman–Crippen LogP) is 1.81. The van der Waals surface area contributed by atoms with E-state index in [2.05, 4.69) is 33.1 Å². The second-order valence-electron chi connectivity index (χ2n) is 6.65. The molecule has 0 atom stereocenters. The molecule has 2 aromatic rings. The normalized spacial score (nSPS) is 19.5. The fourth-order valence-electron chi connectivity index (χ4n) is 3.40. The van der Waals surface area contributed by atoms with Gasteiger partial charge in [-0.05, 0) is 32.0 Å². The Morgan fingerprint density at radius 3 is 2.92 bits per heavy atom. The number of carbonyl (C=O) groups excluding carboxylic acids is 1. The number of piperazine rings is 1. The van der Waals surface area contributed by atoms with Crippen molar-refractivity contribution in [3.05, 3.63) is 33.6 Å². The molecule has 2 aromatic heterocycles. The minimum atomic E-state index is 0.0924. The van der Waals surface area contributed by atoms with Crippen LogP contribution in [0.25, 0.3) is 0 Å². The number of likely N-dealkylation sites (N-methyl/N-ethyl adjacent to an activating group) is 1. The molecule has 0 radical (unpaired) electrons. The van der Waals surface area contributed by atoms with E-state index in [1.165, 1.54) is 4.88 Å². The fraction of sp³-hybridized carbons (Fsp3) is 0.529. The number of H-pyrrole nitrogens is 1. The van der Waals surface area contributed by atoms with Gasteiger partial charge in [0.25, 0.3) is 5.91 Å². The lowest BCUT2D eigenvalue weighted by Gasteiger charge is -2.31. The van der Waals surface area contributed by atoms with E-state index in [9.17, 15) is 4.79 Å². The van der Waals surface area contributed by atoms with Crippen molar-refractivity contribution in [3.8, 4) is 0 Å². The molecule has 1 N–H and O–H groups in total. The summed E-state index contributed by atoms with van der Waals surface area (Å²) in [5, 5.41) is 7.07. The highest BCUT2D eigenvalue weighted by molar-refractivity contribution is 7.14. The lowest BCUT2D eigenvalue weighted by molar-refractivity contribution is 0.0988. The third-order valence-electron chi connectivity index (χ3n) is 4.89. The summed E-state index contributed by atoms with van der Waals surface area (Å²) in [5.41, 5.74) is 1.14. The Bertz CT molecular complexity index is 716. The molecule has 1 saturated heterocycles. The van der Waals surface area contributed by atoms with Gasteiger partial charge in [-0.3, -0.25) is 19.7 Å². The fourth-order valence-corrected chi connectivity index (χ4v) is 4.40. The molecule has 1 amide bonds. The standard InChI is InChI=1S/C17H23N5OS/c1-20-7-9-21(10-8-20)12-14-4-5-15(24-14)17(23)22-6-2-3-13-11-18-19-16(13)22/h4-5,11H,2-3,6-10,12H2,1H3,(H,18,19). The van der Waals surface area contributed by atoms with E-state index in [1.807, 2.05) is 17.2 Å². The van der Waals surface area contributed by atoms with Gasteiger partial charge in [0.1, 0.15) is 5.82 Å². The summed E-state index contributed by atoms with van der Waals surface area (Å²) in [7, 11) is 2.17. The van der Waals surface area contributed by atoms with Crippen molar-refractivity contribution in [2.24, 2.45) is 0 Å². The largest absolute Gasteiger partial charge is 0.304 e. The van der Waals surface area contributed by atoms with Gasteiger partial charge in [0.2, 0.25) is 0 Å². The van der Waals surface area contributed by atoms with E-state index >= 15 is 0 Å². The first-order valence-corrected chi connectivity index (χ1v) is 9.36. The molecule has 0 unspecified atom stereocenters. The highest BCUT2D eigenvalue weighted by Gasteiger charge is 2.26. The van der Waals surface area contributed by atoms with Crippen LogP contribution in [-0.2, 0) is 13.0 Å². The molecule has 2 aliphatic rings. The number of hydrogen-bond acceptors (Lipinski definition) is 5. The minimum Gasteiger partial charge on any atom is -0.304 e. The van der Waals surface area contributed by atoms with E-state index in [0.717, 1.165) is 68.4 Å². The summed E-state index contributed by atoms with van der Waals surface area (Å²) < 4.78 is 0. The SMILES string of the molecule is CN1CCN(Cc2ccc(C(=O)N3CCCc4cn[nH]c43)s2)CC1. The lowest BCUT2D eigenvalue weighted by Crippen LogP contribution is -2.43. The van der Waals surface area contributed by atoms with Crippen LogP contribution in [0.2, 0.25) is 0 Å². The molecule has 4 heterocycles. The maximum Gasteiger partial charge on any atom is 0.269 e. The molecule has 0 aromatic carbocycles. The zero-order valence-electron chi connectivity index (χ0n) is 14.0. The molecule has 24 heavy (non-hydrogen) atoms. The van der Waals surface area contributed by atoms with E-state index in [1.54, 1.807) is 11.3 Å². The summed E-state index contributed by atoms with van der Waals surface area (Å²) >= 11 is 1.63. The van der Waals surface area contributed by atoms with Crippen LogP contribution >= 0.6 is 11.3 Å². The second-order valence-corrected chi connectivity index (χ2v) is 7.82. The van der Waals surface area contributed by atoms with Crippen molar-refractivity contribution in [2.75, 3.05) is 44.7 Å². The molecule has 2 aliphatic heterocycles. The topological polar surface area (TPSA) is 55.5 Å². The van der Waals surface area contributed by atoms with Gasteiger partial charge in [-0.15, -0.1) is 11.3 Å². The van der Waals surface area contributed by atoms with Crippen LogP contribution in [-0.4, -0.2) is 65.7 Å². The first-order valence-electron chi connectivity index (χ1n) is 8.54. The number of aromatic nitrogens is 2. The van der Waals surface area contributed by atoms with Crippen molar-refractivity contribution in [1.82, 2.24) is 20.0 Å². The van der Waals surface area contributed by atoms with Crippen LogP contribution in [0.3, 0.4) is 0 Å². The van der Waals surface area contributed by atoms with E-state index in [4.69, 9.17) is 0 Å². The lowest BCUT2D eigenvalue weighted by atomic mass is 10.1. The Balaban J connectivity index is 1.44. The van der Waals surface area contributed by atoms with Crippen LogP contribution in [0, 0.1) is 0 Å². The summed E-state index contributed by atoms with van der Waals surface area (Å²) in [6.45, 7) is 6.14. The van der Waals surface area contributed by atoms with E-state index in [0.29, 0.717) is 0 Å². The first kappa shape index (κ1) is 15.8. The molecule has 1 fully saturated rings. The molecule has 0 bridgehead atoms. The Labute approximate surface area is 146 Å². The van der Waals surface area contributed by atoms with Gasteiger partial charge >= 0.3 is 0 Å².